The molecular weight excluding hydrogens is 210 g/mol. The Morgan fingerprint density at radius 3 is 2.00 bits per heavy atom. The average molecular weight is 243 g/mol. The number of nitrogens with one attached hydrogen (secondary N) is 1. The Morgan fingerprint density at radius 2 is 1.65 bits per heavy atom. The molecule has 0 radical (unpaired) electrons. The fourth-order valence-corrected chi connectivity index (χ4v) is 2.53. The first-order valence-electron chi connectivity index (χ1n) is 7.45. The summed E-state index contributed by atoms with van der Waals surface area (Å²) >= 11 is 0. The second-order valence-electron chi connectivity index (χ2n) is 5.13. The minimum absolute atomic E-state index is 0.0205. The van der Waals surface area contributed by atoms with Crippen LogP contribution in [0.25, 0.3) is 0 Å². The minimum Gasteiger partial charge on any atom is -0.374 e. The molecule has 1 N–H and O–H groups in total. The summed E-state index contributed by atoms with van der Waals surface area (Å²) in [6.07, 6.45) is 4.83. The Bertz CT molecular complexity index is 180. The molecule has 0 amide bonds. The van der Waals surface area contributed by atoms with Gasteiger partial charge in [-0.25, -0.2) is 0 Å². The standard InChI is InChI=1S/C15H33NO/c1-7-13(8-2)12-14(16-10-4)15(6,9-3)17-11-5/h13-14,16H,7-12H2,1-6H3. The van der Waals surface area contributed by atoms with Gasteiger partial charge in [0.2, 0.25) is 0 Å². The van der Waals surface area contributed by atoms with Gasteiger partial charge >= 0.3 is 0 Å². The van der Waals surface area contributed by atoms with Crippen LogP contribution in [-0.2, 0) is 4.74 Å². The molecule has 2 unspecified atom stereocenters. The highest BCUT2D eigenvalue weighted by Crippen LogP contribution is 2.27. The molecule has 0 fully saturated rings. The molecule has 0 aromatic carbocycles. The van der Waals surface area contributed by atoms with Gasteiger partial charge in [0.05, 0.1) is 5.60 Å². The maximum atomic E-state index is 6.02. The number of hydrogen-bond donors (Lipinski definition) is 1. The molecule has 0 aromatic rings. The van der Waals surface area contributed by atoms with E-state index in [4.69, 9.17) is 4.74 Å². The first kappa shape index (κ1) is 16.9. The summed E-state index contributed by atoms with van der Waals surface area (Å²) in [5.41, 5.74) is -0.0205. The number of rotatable bonds is 10. The van der Waals surface area contributed by atoms with Crippen molar-refractivity contribution in [1.29, 1.82) is 0 Å². The highest BCUT2D eigenvalue weighted by Gasteiger charge is 2.33. The lowest BCUT2D eigenvalue weighted by Gasteiger charge is -2.39. The smallest absolute Gasteiger partial charge is 0.0804 e. The van der Waals surface area contributed by atoms with Gasteiger partial charge in [-0.1, -0.05) is 40.5 Å². The Kier molecular flexibility index (Phi) is 8.89. The van der Waals surface area contributed by atoms with Gasteiger partial charge in [0.1, 0.15) is 0 Å². The zero-order valence-electron chi connectivity index (χ0n) is 12.8. The third kappa shape index (κ3) is 5.39. The van der Waals surface area contributed by atoms with Gasteiger partial charge in [-0.05, 0) is 39.2 Å². The molecule has 0 heterocycles. The van der Waals surface area contributed by atoms with Crippen LogP contribution in [0.3, 0.4) is 0 Å². The third-order valence-corrected chi connectivity index (χ3v) is 4.09. The van der Waals surface area contributed by atoms with Gasteiger partial charge in [0, 0.05) is 12.6 Å². The second-order valence-corrected chi connectivity index (χ2v) is 5.13. The predicted molar refractivity (Wildman–Crippen MR) is 76.5 cm³/mol. The highest BCUT2D eigenvalue weighted by molar-refractivity contribution is 4.89. The summed E-state index contributed by atoms with van der Waals surface area (Å²) < 4.78 is 6.02. The normalized spacial score (nSPS) is 17.1. The molecule has 17 heavy (non-hydrogen) atoms. The molecule has 2 nitrogen and oxygen atoms in total. The molecule has 0 saturated carbocycles. The van der Waals surface area contributed by atoms with Gasteiger partial charge in [-0.3, -0.25) is 0 Å². The third-order valence-electron chi connectivity index (χ3n) is 4.09. The molecular formula is C15H33NO. The van der Waals surface area contributed by atoms with Crippen molar-refractivity contribution in [3.8, 4) is 0 Å². The van der Waals surface area contributed by atoms with Crippen molar-refractivity contribution in [2.45, 2.75) is 78.9 Å². The first-order chi connectivity index (χ1) is 8.07. The van der Waals surface area contributed by atoms with E-state index >= 15 is 0 Å². The fourth-order valence-electron chi connectivity index (χ4n) is 2.53. The van der Waals surface area contributed by atoms with Crippen LogP contribution in [0.2, 0.25) is 0 Å². The van der Waals surface area contributed by atoms with Crippen molar-refractivity contribution in [3.05, 3.63) is 0 Å². The maximum Gasteiger partial charge on any atom is 0.0804 e. The highest BCUT2D eigenvalue weighted by atomic mass is 16.5. The molecule has 0 saturated heterocycles. The summed E-state index contributed by atoms with van der Waals surface area (Å²) in [6, 6.07) is 0.474. The molecule has 2 heteroatoms. The van der Waals surface area contributed by atoms with Crippen molar-refractivity contribution in [2.75, 3.05) is 13.2 Å². The SMILES string of the molecule is CCNC(CC(CC)CC)C(C)(CC)OCC. The summed E-state index contributed by atoms with van der Waals surface area (Å²) in [6.45, 7) is 15.2. The Morgan fingerprint density at radius 1 is 1.06 bits per heavy atom. The Hall–Kier alpha value is -0.0800. The molecule has 0 spiro atoms. The summed E-state index contributed by atoms with van der Waals surface area (Å²) in [4.78, 5) is 0. The Labute approximate surface area is 109 Å². The van der Waals surface area contributed by atoms with Crippen molar-refractivity contribution in [2.24, 2.45) is 5.92 Å². The van der Waals surface area contributed by atoms with E-state index in [1.165, 1.54) is 19.3 Å². The lowest BCUT2D eigenvalue weighted by Crippen LogP contribution is -2.51. The lowest BCUT2D eigenvalue weighted by molar-refractivity contribution is -0.0601. The molecule has 0 aromatic heterocycles. The molecule has 0 aliphatic carbocycles. The largest absolute Gasteiger partial charge is 0.374 e. The first-order valence-corrected chi connectivity index (χ1v) is 7.45. The van der Waals surface area contributed by atoms with E-state index in [0.717, 1.165) is 25.5 Å². The molecule has 104 valence electrons. The maximum absolute atomic E-state index is 6.02. The van der Waals surface area contributed by atoms with Crippen LogP contribution in [0, 0.1) is 5.92 Å². The van der Waals surface area contributed by atoms with E-state index < -0.39 is 0 Å². The van der Waals surface area contributed by atoms with Crippen LogP contribution in [0.5, 0.6) is 0 Å². The van der Waals surface area contributed by atoms with Crippen molar-refractivity contribution < 1.29 is 4.74 Å². The van der Waals surface area contributed by atoms with E-state index in [9.17, 15) is 0 Å². The molecule has 0 bridgehead atoms. The number of ether oxygens (including phenoxy) is 1. The Balaban J connectivity index is 4.66. The summed E-state index contributed by atoms with van der Waals surface area (Å²) in [5.74, 6) is 0.811. The summed E-state index contributed by atoms with van der Waals surface area (Å²) in [7, 11) is 0. The van der Waals surface area contributed by atoms with E-state index in [-0.39, 0.29) is 5.60 Å². The van der Waals surface area contributed by atoms with Gasteiger partial charge < -0.3 is 10.1 Å². The lowest BCUT2D eigenvalue weighted by atomic mass is 9.84. The zero-order chi connectivity index (χ0) is 13.3. The average Bonchev–Trinajstić information content (AvgIpc) is 2.34. The van der Waals surface area contributed by atoms with Gasteiger partial charge in [-0.2, -0.15) is 0 Å². The predicted octanol–water partition coefficient (Wildman–Crippen LogP) is 4.00. The molecule has 0 aliphatic rings. The number of likely N-dealkylation sites (N-methyl/N-ethyl adjacent to an activating group) is 1. The van der Waals surface area contributed by atoms with Crippen molar-refractivity contribution >= 4 is 0 Å². The van der Waals surface area contributed by atoms with Crippen LogP contribution in [-0.4, -0.2) is 24.8 Å². The van der Waals surface area contributed by atoms with Crippen LogP contribution in [0.15, 0.2) is 0 Å². The van der Waals surface area contributed by atoms with Crippen LogP contribution in [0.4, 0.5) is 0 Å². The van der Waals surface area contributed by atoms with Gasteiger partial charge in [-0.15, -0.1) is 0 Å². The van der Waals surface area contributed by atoms with Crippen LogP contribution >= 0.6 is 0 Å². The number of hydrogen-bond acceptors (Lipinski definition) is 2. The minimum atomic E-state index is -0.0205. The van der Waals surface area contributed by atoms with Crippen molar-refractivity contribution in [3.63, 3.8) is 0 Å². The van der Waals surface area contributed by atoms with E-state index in [0.29, 0.717) is 6.04 Å². The summed E-state index contributed by atoms with van der Waals surface area (Å²) in [5, 5.41) is 3.63. The quantitative estimate of drug-likeness (QED) is 0.626. The van der Waals surface area contributed by atoms with Crippen LogP contribution in [0.1, 0.15) is 67.2 Å². The van der Waals surface area contributed by atoms with E-state index in [2.05, 4.69) is 46.9 Å². The molecule has 2 atom stereocenters. The van der Waals surface area contributed by atoms with Crippen molar-refractivity contribution in [1.82, 2.24) is 5.32 Å². The fraction of sp³-hybridized carbons (Fsp3) is 1.00. The topological polar surface area (TPSA) is 21.3 Å². The molecule has 0 aliphatic heterocycles. The zero-order valence-corrected chi connectivity index (χ0v) is 12.8. The second kappa shape index (κ2) is 8.93. The van der Waals surface area contributed by atoms with Gasteiger partial charge in [0.15, 0.2) is 0 Å². The van der Waals surface area contributed by atoms with Crippen LogP contribution < -0.4 is 5.32 Å². The monoisotopic (exact) mass is 243 g/mol. The van der Waals surface area contributed by atoms with E-state index in [1.54, 1.807) is 0 Å². The van der Waals surface area contributed by atoms with E-state index in [1.807, 2.05) is 0 Å². The van der Waals surface area contributed by atoms with Gasteiger partial charge in [0.25, 0.3) is 0 Å². The molecule has 0 rings (SSSR count).